The van der Waals surface area contributed by atoms with Gasteiger partial charge in [0.25, 0.3) is 0 Å². The van der Waals surface area contributed by atoms with Crippen molar-refractivity contribution in [3.8, 4) is 11.1 Å². The molecule has 5 rings (SSSR count). The van der Waals surface area contributed by atoms with Crippen LogP contribution in [0.25, 0.3) is 16.7 Å². The minimum absolute atomic E-state index is 0.180. The van der Waals surface area contributed by atoms with Crippen LogP contribution in [0, 0.1) is 0 Å². The van der Waals surface area contributed by atoms with E-state index in [-0.39, 0.29) is 5.41 Å². The molecule has 0 fully saturated rings. The summed E-state index contributed by atoms with van der Waals surface area (Å²) in [5.74, 6) is 0. The predicted octanol–water partition coefficient (Wildman–Crippen LogP) is 6.36. The highest BCUT2D eigenvalue weighted by atomic mass is 14.5. The monoisotopic (exact) mass is 320 g/mol. The van der Waals surface area contributed by atoms with Gasteiger partial charge in [0.15, 0.2) is 0 Å². The molecule has 0 saturated heterocycles. The molecule has 2 aliphatic carbocycles. The molecule has 0 saturated carbocycles. The van der Waals surface area contributed by atoms with Gasteiger partial charge < -0.3 is 0 Å². The molecule has 0 heterocycles. The Balaban J connectivity index is 2.03. The predicted molar refractivity (Wildman–Crippen MR) is 106 cm³/mol. The summed E-state index contributed by atoms with van der Waals surface area (Å²) < 4.78 is 0. The zero-order chi connectivity index (χ0) is 17.0. The van der Waals surface area contributed by atoms with E-state index < -0.39 is 0 Å². The van der Waals surface area contributed by atoms with Gasteiger partial charge in [-0.1, -0.05) is 84.9 Å². The maximum absolute atomic E-state index is 2.31. The minimum atomic E-state index is -0.180. The Hall–Kier alpha value is -2.86. The lowest BCUT2D eigenvalue weighted by Gasteiger charge is -2.30. The Morgan fingerprint density at radius 1 is 0.560 bits per heavy atom. The molecule has 0 heteroatoms. The number of benzene rings is 3. The van der Waals surface area contributed by atoms with Gasteiger partial charge in [0.05, 0.1) is 5.41 Å². The van der Waals surface area contributed by atoms with Gasteiger partial charge in [-0.2, -0.15) is 0 Å². The number of allylic oxidation sites excluding steroid dienone is 4. The van der Waals surface area contributed by atoms with Crippen molar-refractivity contribution in [2.24, 2.45) is 0 Å². The molecular formula is C25H20. The van der Waals surface area contributed by atoms with Gasteiger partial charge in [0.1, 0.15) is 0 Å². The molecule has 1 spiro atoms. The lowest BCUT2D eigenvalue weighted by atomic mass is 9.70. The third kappa shape index (κ3) is 1.57. The Kier molecular flexibility index (Phi) is 2.93. The summed E-state index contributed by atoms with van der Waals surface area (Å²) in [7, 11) is 0. The van der Waals surface area contributed by atoms with Crippen LogP contribution in [-0.4, -0.2) is 0 Å². The van der Waals surface area contributed by atoms with Gasteiger partial charge in [-0.05, 0) is 58.4 Å². The third-order valence-corrected chi connectivity index (χ3v) is 5.85. The van der Waals surface area contributed by atoms with Crippen molar-refractivity contribution in [2.45, 2.75) is 19.3 Å². The smallest absolute Gasteiger partial charge is 0.0722 e. The second-order valence-electron chi connectivity index (χ2n) is 6.79. The summed E-state index contributed by atoms with van der Waals surface area (Å²) in [5.41, 5.74) is 10.9. The maximum atomic E-state index is 2.31. The van der Waals surface area contributed by atoms with Crippen molar-refractivity contribution in [1.82, 2.24) is 0 Å². The average molecular weight is 320 g/mol. The molecular weight excluding hydrogens is 300 g/mol. The van der Waals surface area contributed by atoms with Crippen LogP contribution in [0.1, 0.15) is 36.1 Å². The summed E-state index contributed by atoms with van der Waals surface area (Å²) in [6.45, 7) is 4.33. The number of hydrogen-bond acceptors (Lipinski definition) is 0. The highest BCUT2D eigenvalue weighted by molar-refractivity contribution is 5.99. The Labute approximate surface area is 149 Å². The summed E-state index contributed by atoms with van der Waals surface area (Å²) in [6, 6.07) is 26.7. The standard InChI is InChI=1S/C25H20/c1-3-17-18-11-5-8-14-22(18)25(21(17)4-2)23-15-9-6-12-19(23)20-13-7-10-16-24(20)25/h3-16H,1-2H3/b17-3-,21-4+. The summed E-state index contributed by atoms with van der Waals surface area (Å²) in [6.07, 6.45) is 4.58. The van der Waals surface area contributed by atoms with Crippen molar-refractivity contribution in [3.63, 3.8) is 0 Å². The Morgan fingerprint density at radius 2 is 1.00 bits per heavy atom. The van der Waals surface area contributed by atoms with Crippen LogP contribution in [0.15, 0.2) is 90.5 Å². The SMILES string of the molecule is C/C=C1\C(=C/C)C2(c3ccccc31)c1ccccc1-c1ccccc12. The molecule has 25 heavy (non-hydrogen) atoms. The quantitative estimate of drug-likeness (QED) is 0.452. The van der Waals surface area contributed by atoms with Crippen LogP contribution < -0.4 is 0 Å². The highest BCUT2D eigenvalue weighted by Crippen LogP contribution is 2.63. The minimum Gasteiger partial charge on any atom is -0.0822 e. The molecule has 120 valence electrons. The van der Waals surface area contributed by atoms with Gasteiger partial charge in [-0.25, -0.2) is 0 Å². The normalized spacial score (nSPS) is 19.3. The fourth-order valence-electron chi connectivity index (χ4n) is 5.04. The molecule has 2 aliphatic rings. The molecule has 0 aromatic heterocycles. The fraction of sp³-hybridized carbons (Fsp3) is 0.120. The maximum Gasteiger partial charge on any atom is 0.0722 e. The largest absolute Gasteiger partial charge is 0.0822 e. The van der Waals surface area contributed by atoms with Gasteiger partial charge in [-0.15, -0.1) is 0 Å². The summed E-state index contributed by atoms with van der Waals surface area (Å²) in [4.78, 5) is 0. The van der Waals surface area contributed by atoms with Gasteiger partial charge in [-0.3, -0.25) is 0 Å². The first-order chi connectivity index (χ1) is 12.3. The Bertz CT molecular complexity index is 1020. The van der Waals surface area contributed by atoms with E-state index in [2.05, 4.69) is 98.8 Å². The molecule has 0 aliphatic heterocycles. The third-order valence-electron chi connectivity index (χ3n) is 5.85. The van der Waals surface area contributed by atoms with Crippen LogP contribution in [0.4, 0.5) is 0 Å². The van der Waals surface area contributed by atoms with E-state index >= 15 is 0 Å². The number of hydrogen-bond donors (Lipinski definition) is 0. The van der Waals surface area contributed by atoms with Crippen molar-refractivity contribution in [3.05, 3.63) is 113 Å². The van der Waals surface area contributed by atoms with E-state index in [0.717, 1.165) is 0 Å². The molecule has 0 nitrogen and oxygen atoms in total. The van der Waals surface area contributed by atoms with E-state index in [4.69, 9.17) is 0 Å². The van der Waals surface area contributed by atoms with Gasteiger partial charge in [0, 0.05) is 0 Å². The van der Waals surface area contributed by atoms with Gasteiger partial charge in [0.2, 0.25) is 0 Å². The highest BCUT2D eigenvalue weighted by Gasteiger charge is 2.52. The molecule has 0 radical (unpaired) electrons. The summed E-state index contributed by atoms with van der Waals surface area (Å²) in [5, 5.41) is 0. The first-order valence-electron chi connectivity index (χ1n) is 8.96. The van der Waals surface area contributed by atoms with Crippen molar-refractivity contribution < 1.29 is 0 Å². The van der Waals surface area contributed by atoms with Crippen molar-refractivity contribution in [1.29, 1.82) is 0 Å². The topological polar surface area (TPSA) is 0 Å². The van der Waals surface area contributed by atoms with Crippen LogP contribution in [-0.2, 0) is 5.41 Å². The van der Waals surface area contributed by atoms with E-state index in [1.807, 2.05) is 0 Å². The fourth-order valence-corrected chi connectivity index (χ4v) is 5.04. The van der Waals surface area contributed by atoms with Crippen LogP contribution >= 0.6 is 0 Å². The number of fused-ring (bicyclic) bond motifs is 7. The lowest BCUT2D eigenvalue weighted by Crippen LogP contribution is -2.25. The first kappa shape index (κ1) is 14.5. The van der Waals surface area contributed by atoms with Crippen LogP contribution in [0.5, 0.6) is 0 Å². The molecule has 0 unspecified atom stereocenters. The molecule has 0 atom stereocenters. The van der Waals surface area contributed by atoms with E-state index in [1.165, 1.54) is 44.5 Å². The lowest BCUT2D eigenvalue weighted by molar-refractivity contribution is 0.792. The van der Waals surface area contributed by atoms with Crippen LogP contribution in [0.3, 0.4) is 0 Å². The van der Waals surface area contributed by atoms with Crippen molar-refractivity contribution in [2.75, 3.05) is 0 Å². The van der Waals surface area contributed by atoms with Crippen LogP contribution in [0.2, 0.25) is 0 Å². The average Bonchev–Trinajstić information content (AvgIpc) is 3.14. The molecule has 0 N–H and O–H groups in total. The van der Waals surface area contributed by atoms with Gasteiger partial charge >= 0.3 is 0 Å². The van der Waals surface area contributed by atoms with E-state index in [1.54, 1.807) is 0 Å². The summed E-state index contributed by atoms with van der Waals surface area (Å²) >= 11 is 0. The first-order valence-corrected chi connectivity index (χ1v) is 8.96. The Morgan fingerprint density at radius 3 is 1.48 bits per heavy atom. The molecule has 0 bridgehead atoms. The molecule has 3 aromatic rings. The zero-order valence-corrected chi connectivity index (χ0v) is 14.6. The molecule has 0 amide bonds. The second-order valence-corrected chi connectivity index (χ2v) is 6.79. The van der Waals surface area contributed by atoms with E-state index in [9.17, 15) is 0 Å². The van der Waals surface area contributed by atoms with Crippen molar-refractivity contribution >= 4 is 5.57 Å². The second kappa shape index (κ2) is 5.07. The zero-order valence-electron chi connectivity index (χ0n) is 14.6. The van der Waals surface area contributed by atoms with E-state index in [0.29, 0.717) is 0 Å². The number of rotatable bonds is 0. The molecule has 3 aromatic carbocycles.